The SMILES string of the molecule is CCCCCNC(=O)N(C)c1cccc(-c2ccc(CC(OCC)C(=O)O)cc2)n1. The Hall–Kier alpha value is -2.93. The van der Waals surface area contributed by atoms with E-state index in [9.17, 15) is 14.7 Å². The molecule has 2 amide bonds. The van der Waals surface area contributed by atoms with Crippen molar-refractivity contribution in [2.24, 2.45) is 0 Å². The van der Waals surface area contributed by atoms with Crippen LogP contribution in [0.2, 0.25) is 0 Å². The van der Waals surface area contributed by atoms with E-state index in [0.717, 1.165) is 36.1 Å². The summed E-state index contributed by atoms with van der Waals surface area (Å²) >= 11 is 0. The number of pyridine rings is 1. The second-order valence-corrected chi connectivity index (χ2v) is 7.06. The van der Waals surface area contributed by atoms with Gasteiger partial charge < -0.3 is 15.2 Å². The Balaban J connectivity index is 2.06. The number of rotatable bonds is 11. The fourth-order valence-electron chi connectivity index (χ4n) is 3.01. The smallest absolute Gasteiger partial charge is 0.333 e. The highest BCUT2D eigenvalue weighted by Gasteiger charge is 2.18. The molecule has 30 heavy (non-hydrogen) atoms. The van der Waals surface area contributed by atoms with E-state index in [1.165, 1.54) is 4.90 Å². The number of aliphatic carboxylic acids is 1. The van der Waals surface area contributed by atoms with Gasteiger partial charge in [0, 0.05) is 32.2 Å². The summed E-state index contributed by atoms with van der Waals surface area (Å²) in [5.41, 5.74) is 2.50. The summed E-state index contributed by atoms with van der Waals surface area (Å²) in [6, 6.07) is 12.9. The van der Waals surface area contributed by atoms with Gasteiger partial charge in [0.15, 0.2) is 6.10 Å². The van der Waals surface area contributed by atoms with E-state index in [1.807, 2.05) is 36.4 Å². The zero-order chi connectivity index (χ0) is 21.9. The quantitative estimate of drug-likeness (QED) is 0.541. The lowest BCUT2D eigenvalue weighted by Crippen LogP contribution is -2.38. The predicted octanol–water partition coefficient (Wildman–Crippen LogP) is 4.12. The average Bonchev–Trinajstić information content (AvgIpc) is 2.76. The van der Waals surface area contributed by atoms with Gasteiger partial charge in [0.05, 0.1) is 5.69 Å². The molecule has 0 aliphatic rings. The number of carboxylic acids is 1. The van der Waals surface area contributed by atoms with Gasteiger partial charge in [0.25, 0.3) is 0 Å². The van der Waals surface area contributed by atoms with Crippen molar-refractivity contribution in [1.29, 1.82) is 0 Å². The highest BCUT2D eigenvalue weighted by Crippen LogP contribution is 2.21. The lowest BCUT2D eigenvalue weighted by atomic mass is 10.0. The van der Waals surface area contributed by atoms with Gasteiger partial charge >= 0.3 is 12.0 Å². The molecule has 0 saturated carbocycles. The molecule has 0 aliphatic carbocycles. The molecule has 0 bridgehead atoms. The summed E-state index contributed by atoms with van der Waals surface area (Å²) in [5, 5.41) is 12.1. The molecular weight excluding hydrogens is 382 g/mol. The van der Waals surface area contributed by atoms with Crippen LogP contribution >= 0.6 is 0 Å². The summed E-state index contributed by atoms with van der Waals surface area (Å²) in [7, 11) is 1.70. The standard InChI is InChI=1S/C23H31N3O4/c1-4-6-7-15-24-23(29)26(3)21-10-8-9-19(25-21)18-13-11-17(12-14-18)16-20(22(27)28)30-5-2/h8-14,20H,4-7,15-16H2,1-3H3,(H,24,29)(H,27,28). The molecule has 1 heterocycles. The van der Waals surface area contributed by atoms with Crippen LogP contribution in [0.5, 0.6) is 0 Å². The number of hydrogen-bond donors (Lipinski definition) is 2. The van der Waals surface area contributed by atoms with E-state index in [0.29, 0.717) is 25.4 Å². The van der Waals surface area contributed by atoms with Crippen LogP contribution in [0.25, 0.3) is 11.3 Å². The van der Waals surface area contributed by atoms with Crippen molar-refractivity contribution in [2.75, 3.05) is 25.1 Å². The Morgan fingerprint density at radius 2 is 1.87 bits per heavy atom. The number of nitrogens with one attached hydrogen (secondary N) is 1. The monoisotopic (exact) mass is 413 g/mol. The number of benzene rings is 1. The van der Waals surface area contributed by atoms with Crippen molar-refractivity contribution in [1.82, 2.24) is 10.3 Å². The van der Waals surface area contributed by atoms with Crippen molar-refractivity contribution in [2.45, 2.75) is 45.6 Å². The predicted molar refractivity (Wildman–Crippen MR) is 118 cm³/mol. The van der Waals surface area contributed by atoms with Crippen molar-refractivity contribution in [3.8, 4) is 11.3 Å². The van der Waals surface area contributed by atoms with Crippen molar-refractivity contribution in [3.05, 3.63) is 48.0 Å². The number of hydrogen-bond acceptors (Lipinski definition) is 4. The molecule has 0 aliphatic heterocycles. The number of nitrogens with zero attached hydrogens (tertiary/aromatic N) is 2. The maximum atomic E-state index is 12.3. The van der Waals surface area contributed by atoms with Crippen LogP contribution in [-0.4, -0.2) is 48.4 Å². The Kier molecular flexibility index (Phi) is 9.28. The zero-order valence-corrected chi connectivity index (χ0v) is 17.9. The lowest BCUT2D eigenvalue weighted by molar-refractivity contribution is -0.149. The first kappa shape index (κ1) is 23.3. The number of aromatic nitrogens is 1. The van der Waals surface area contributed by atoms with Crippen LogP contribution < -0.4 is 10.2 Å². The lowest BCUT2D eigenvalue weighted by Gasteiger charge is -2.18. The topological polar surface area (TPSA) is 91.8 Å². The normalized spacial score (nSPS) is 11.7. The fraction of sp³-hybridized carbons (Fsp3) is 0.435. The summed E-state index contributed by atoms with van der Waals surface area (Å²) in [6.07, 6.45) is 2.61. The van der Waals surface area contributed by atoms with Gasteiger partial charge in [0.2, 0.25) is 0 Å². The molecule has 2 N–H and O–H groups in total. The first-order valence-corrected chi connectivity index (χ1v) is 10.4. The molecule has 0 fully saturated rings. The number of carboxylic acid groups (broad SMARTS) is 1. The molecule has 7 heteroatoms. The number of carbonyl (C=O) groups excluding carboxylic acids is 1. The molecule has 162 valence electrons. The maximum Gasteiger partial charge on any atom is 0.333 e. The maximum absolute atomic E-state index is 12.3. The molecule has 1 aromatic heterocycles. The number of urea groups is 1. The first-order valence-electron chi connectivity index (χ1n) is 10.4. The van der Waals surface area contributed by atoms with Crippen LogP contribution in [0.1, 0.15) is 38.7 Å². The number of anilines is 1. The minimum absolute atomic E-state index is 0.179. The average molecular weight is 414 g/mol. The van der Waals surface area contributed by atoms with Gasteiger partial charge in [0.1, 0.15) is 5.82 Å². The van der Waals surface area contributed by atoms with Crippen LogP contribution in [0, 0.1) is 0 Å². The van der Waals surface area contributed by atoms with Crippen molar-refractivity contribution >= 4 is 17.8 Å². The number of ether oxygens (including phenoxy) is 1. The molecule has 1 unspecified atom stereocenters. The highest BCUT2D eigenvalue weighted by molar-refractivity contribution is 5.90. The number of amides is 2. The largest absolute Gasteiger partial charge is 0.479 e. The van der Waals surface area contributed by atoms with Gasteiger partial charge in [-0.15, -0.1) is 0 Å². The highest BCUT2D eigenvalue weighted by atomic mass is 16.5. The van der Waals surface area contributed by atoms with Gasteiger partial charge in [-0.3, -0.25) is 4.90 Å². The Morgan fingerprint density at radius 3 is 2.50 bits per heavy atom. The van der Waals surface area contributed by atoms with Crippen LogP contribution in [0.3, 0.4) is 0 Å². The van der Waals surface area contributed by atoms with Gasteiger partial charge in [-0.1, -0.05) is 50.1 Å². The van der Waals surface area contributed by atoms with Crippen LogP contribution in [0.15, 0.2) is 42.5 Å². The van der Waals surface area contributed by atoms with E-state index in [-0.39, 0.29) is 6.03 Å². The van der Waals surface area contributed by atoms with Gasteiger partial charge in [-0.25, -0.2) is 14.6 Å². The van der Waals surface area contributed by atoms with Gasteiger partial charge in [-0.2, -0.15) is 0 Å². The second-order valence-electron chi connectivity index (χ2n) is 7.06. The molecular formula is C23H31N3O4. The van der Waals surface area contributed by atoms with Crippen molar-refractivity contribution < 1.29 is 19.4 Å². The molecule has 0 spiro atoms. The summed E-state index contributed by atoms with van der Waals surface area (Å²) in [6.45, 7) is 4.91. The molecule has 2 aromatic rings. The van der Waals surface area contributed by atoms with Gasteiger partial charge in [-0.05, 0) is 31.0 Å². The van der Waals surface area contributed by atoms with Crippen LogP contribution in [0.4, 0.5) is 10.6 Å². The molecule has 1 atom stereocenters. The molecule has 0 saturated heterocycles. The van der Waals surface area contributed by atoms with E-state index < -0.39 is 12.1 Å². The summed E-state index contributed by atoms with van der Waals surface area (Å²) in [5.74, 6) is -0.404. The zero-order valence-electron chi connectivity index (χ0n) is 17.9. The molecule has 0 radical (unpaired) electrons. The van der Waals surface area contributed by atoms with E-state index in [4.69, 9.17) is 4.74 Å². The molecule has 2 rings (SSSR count). The van der Waals surface area contributed by atoms with E-state index >= 15 is 0 Å². The minimum atomic E-state index is -0.966. The second kappa shape index (κ2) is 11.9. The Labute approximate surface area is 178 Å². The fourth-order valence-corrected chi connectivity index (χ4v) is 3.01. The van der Waals surface area contributed by atoms with E-state index in [2.05, 4.69) is 17.2 Å². The minimum Gasteiger partial charge on any atom is -0.479 e. The third-order valence-electron chi connectivity index (χ3n) is 4.75. The Morgan fingerprint density at radius 1 is 1.13 bits per heavy atom. The summed E-state index contributed by atoms with van der Waals surface area (Å²) in [4.78, 5) is 29.7. The Bertz CT molecular complexity index is 823. The number of carbonyl (C=O) groups is 2. The van der Waals surface area contributed by atoms with E-state index in [1.54, 1.807) is 20.0 Å². The first-order chi connectivity index (χ1) is 14.5. The van der Waals surface area contributed by atoms with Crippen molar-refractivity contribution in [3.63, 3.8) is 0 Å². The third kappa shape index (κ3) is 6.84. The molecule has 7 nitrogen and oxygen atoms in total. The summed E-state index contributed by atoms with van der Waals surface area (Å²) < 4.78 is 5.27. The van der Waals surface area contributed by atoms with Crippen LogP contribution in [-0.2, 0) is 16.0 Å². The number of unbranched alkanes of at least 4 members (excludes halogenated alkanes) is 2. The molecule has 1 aromatic carbocycles. The third-order valence-corrected chi connectivity index (χ3v) is 4.75.